The number of amides is 1. The monoisotopic (exact) mass is 286 g/mol. The van der Waals surface area contributed by atoms with Crippen molar-refractivity contribution in [2.24, 2.45) is 11.8 Å². The second kappa shape index (κ2) is 6.61. The summed E-state index contributed by atoms with van der Waals surface area (Å²) in [6, 6.07) is 8.51. The van der Waals surface area contributed by atoms with Gasteiger partial charge in [-0.3, -0.25) is 4.79 Å². The van der Waals surface area contributed by atoms with Gasteiger partial charge in [0, 0.05) is 19.0 Å². The molecule has 1 heterocycles. The topological polar surface area (TPSA) is 32.3 Å². The Morgan fingerprint density at radius 3 is 2.38 bits per heavy atom. The van der Waals surface area contributed by atoms with Crippen molar-refractivity contribution in [3.8, 4) is 0 Å². The molecule has 0 bridgehead atoms. The van der Waals surface area contributed by atoms with E-state index >= 15 is 0 Å². The fourth-order valence-corrected chi connectivity index (χ4v) is 3.74. The maximum absolute atomic E-state index is 12.8. The van der Waals surface area contributed by atoms with Crippen molar-refractivity contribution in [2.75, 3.05) is 26.2 Å². The maximum Gasteiger partial charge on any atom is 0.226 e. The SMILES string of the molecule is CCN(CC1CCNCC1)C(=O)C1Cc2ccccc2C1. The minimum atomic E-state index is 0.170. The lowest BCUT2D eigenvalue weighted by Crippen LogP contribution is -2.42. The molecule has 3 heteroatoms. The molecule has 1 amide bonds. The first-order valence-corrected chi connectivity index (χ1v) is 8.34. The molecule has 1 saturated heterocycles. The molecule has 1 fully saturated rings. The zero-order chi connectivity index (χ0) is 14.7. The van der Waals surface area contributed by atoms with E-state index < -0.39 is 0 Å². The first kappa shape index (κ1) is 14.6. The second-order valence-electron chi connectivity index (χ2n) is 6.44. The predicted octanol–water partition coefficient (Wildman–Crippen LogP) is 2.25. The molecule has 1 aliphatic heterocycles. The summed E-state index contributed by atoms with van der Waals surface area (Å²) in [4.78, 5) is 14.9. The van der Waals surface area contributed by atoms with E-state index in [0.717, 1.165) is 39.0 Å². The van der Waals surface area contributed by atoms with Gasteiger partial charge in [0.1, 0.15) is 0 Å². The molecule has 3 nitrogen and oxygen atoms in total. The molecule has 0 atom stereocenters. The predicted molar refractivity (Wildman–Crippen MR) is 85.2 cm³/mol. The summed E-state index contributed by atoms with van der Waals surface area (Å²) < 4.78 is 0. The Hall–Kier alpha value is -1.35. The van der Waals surface area contributed by atoms with Gasteiger partial charge < -0.3 is 10.2 Å². The zero-order valence-corrected chi connectivity index (χ0v) is 13.0. The molecule has 1 N–H and O–H groups in total. The quantitative estimate of drug-likeness (QED) is 0.921. The minimum Gasteiger partial charge on any atom is -0.342 e. The first-order valence-electron chi connectivity index (χ1n) is 8.34. The molecule has 0 saturated carbocycles. The number of fused-ring (bicyclic) bond motifs is 1. The van der Waals surface area contributed by atoms with Crippen LogP contribution >= 0.6 is 0 Å². The highest BCUT2D eigenvalue weighted by Crippen LogP contribution is 2.28. The molecule has 0 aromatic heterocycles. The number of rotatable bonds is 4. The van der Waals surface area contributed by atoms with Crippen molar-refractivity contribution in [1.29, 1.82) is 0 Å². The van der Waals surface area contributed by atoms with Crippen LogP contribution in [0.4, 0.5) is 0 Å². The van der Waals surface area contributed by atoms with Crippen molar-refractivity contribution >= 4 is 5.91 Å². The number of piperidine rings is 1. The number of hydrogen-bond donors (Lipinski definition) is 1. The first-order chi connectivity index (χ1) is 10.3. The van der Waals surface area contributed by atoms with Crippen LogP contribution in [0.25, 0.3) is 0 Å². The number of benzene rings is 1. The van der Waals surface area contributed by atoms with Crippen LogP contribution in [-0.4, -0.2) is 37.0 Å². The average molecular weight is 286 g/mol. The van der Waals surface area contributed by atoms with Gasteiger partial charge in [0.15, 0.2) is 0 Å². The molecule has 21 heavy (non-hydrogen) atoms. The Balaban J connectivity index is 1.61. The van der Waals surface area contributed by atoms with Crippen LogP contribution in [-0.2, 0) is 17.6 Å². The van der Waals surface area contributed by atoms with Crippen LogP contribution in [0.2, 0.25) is 0 Å². The van der Waals surface area contributed by atoms with Crippen molar-refractivity contribution in [3.05, 3.63) is 35.4 Å². The summed E-state index contributed by atoms with van der Waals surface area (Å²) in [7, 11) is 0. The third kappa shape index (κ3) is 3.29. The Morgan fingerprint density at radius 1 is 1.19 bits per heavy atom. The number of carbonyl (C=O) groups is 1. The summed E-state index contributed by atoms with van der Waals surface area (Å²) >= 11 is 0. The van der Waals surface area contributed by atoms with Crippen LogP contribution in [0, 0.1) is 11.8 Å². The Bertz CT molecular complexity index is 469. The number of nitrogens with one attached hydrogen (secondary N) is 1. The van der Waals surface area contributed by atoms with Crippen LogP contribution in [0.15, 0.2) is 24.3 Å². The highest BCUT2D eigenvalue weighted by atomic mass is 16.2. The van der Waals surface area contributed by atoms with E-state index in [1.807, 2.05) is 0 Å². The molecule has 2 aliphatic rings. The van der Waals surface area contributed by atoms with Crippen LogP contribution in [0.3, 0.4) is 0 Å². The summed E-state index contributed by atoms with van der Waals surface area (Å²) in [5, 5.41) is 3.40. The number of hydrogen-bond acceptors (Lipinski definition) is 2. The van der Waals surface area contributed by atoms with E-state index in [4.69, 9.17) is 0 Å². The smallest absolute Gasteiger partial charge is 0.226 e. The maximum atomic E-state index is 12.8. The van der Waals surface area contributed by atoms with E-state index in [1.165, 1.54) is 24.0 Å². The number of nitrogens with zero attached hydrogens (tertiary/aromatic N) is 1. The second-order valence-corrected chi connectivity index (χ2v) is 6.44. The highest BCUT2D eigenvalue weighted by Gasteiger charge is 2.31. The lowest BCUT2D eigenvalue weighted by Gasteiger charge is -2.31. The van der Waals surface area contributed by atoms with E-state index in [9.17, 15) is 4.79 Å². The van der Waals surface area contributed by atoms with Crippen molar-refractivity contribution < 1.29 is 4.79 Å². The van der Waals surface area contributed by atoms with Gasteiger partial charge in [-0.05, 0) is 62.7 Å². The molecule has 0 spiro atoms. The lowest BCUT2D eigenvalue weighted by molar-refractivity contribution is -0.135. The van der Waals surface area contributed by atoms with Gasteiger partial charge >= 0.3 is 0 Å². The van der Waals surface area contributed by atoms with Gasteiger partial charge in [0.05, 0.1) is 0 Å². The van der Waals surface area contributed by atoms with E-state index in [-0.39, 0.29) is 5.92 Å². The van der Waals surface area contributed by atoms with Crippen molar-refractivity contribution in [3.63, 3.8) is 0 Å². The summed E-state index contributed by atoms with van der Waals surface area (Å²) in [6.45, 7) is 6.11. The molecule has 0 unspecified atom stereocenters. The van der Waals surface area contributed by atoms with Gasteiger partial charge in [-0.2, -0.15) is 0 Å². The Morgan fingerprint density at radius 2 is 1.81 bits per heavy atom. The normalized spacial score (nSPS) is 19.5. The molecular formula is C18H26N2O. The van der Waals surface area contributed by atoms with E-state index in [0.29, 0.717) is 11.8 Å². The largest absolute Gasteiger partial charge is 0.342 e. The van der Waals surface area contributed by atoms with Crippen molar-refractivity contribution in [2.45, 2.75) is 32.6 Å². The van der Waals surface area contributed by atoms with Gasteiger partial charge in [0.2, 0.25) is 5.91 Å². The minimum absolute atomic E-state index is 0.170. The summed E-state index contributed by atoms with van der Waals surface area (Å²) in [6.07, 6.45) is 4.26. The molecule has 0 radical (unpaired) electrons. The molecule has 1 aliphatic carbocycles. The van der Waals surface area contributed by atoms with E-state index in [2.05, 4.69) is 41.4 Å². The highest BCUT2D eigenvalue weighted by molar-refractivity contribution is 5.80. The van der Waals surface area contributed by atoms with Gasteiger partial charge in [-0.25, -0.2) is 0 Å². The number of carbonyl (C=O) groups excluding carboxylic acids is 1. The molecule has 114 valence electrons. The van der Waals surface area contributed by atoms with Crippen molar-refractivity contribution in [1.82, 2.24) is 10.2 Å². The Kier molecular flexibility index (Phi) is 4.59. The molecular weight excluding hydrogens is 260 g/mol. The lowest BCUT2D eigenvalue weighted by atomic mass is 9.96. The van der Waals surface area contributed by atoms with Gasteiger partial charge in [-0.1, -0.05) is 24.3 Å². The molecule has 1 aromatic carbocycles. The van der Waals surface area contributed by atoms with Gasteiger partial charge in [-0.15, -0.1) is 0 Å². The van der Waals surface area contributed by atoms with Gasteiger partial charge in [0.25, 0.3) is 0 Å². The third-order valence-electron chi connectivity index (χ3n) is 5.03. The summed E-state index contributed by atoms with van der Waals surface area (Å²) in [5.74, 6) is 1.22. The fraction of sp³-hybridized carbons (Fsp3) is 0.611. The van der Waals surface area contributed by atoms with Crippen LogP contribution in [0.5, 0.6) is 0 Å². The van der Waals surface area contributed by atoms with E-state index in [1.54, 1.807) is 0 Å². The third-order valence-corrected chi connectivity index (χ3v) is 5.03. The Labute approximate surface area is 127 Å². The molecule has 1 aromatic rings. The molecule has 3 rings (SSSR count). The standard InChI is InChI=1S/C18H26N2O/c1-2-20(13-14-7-9-19-10-8-14)18(21)17-11-15-5-3-4-6-16(15)12-17/h3-6,14,17,19H,2,7-13H2,1H3. The van der Waals surface area contributed by atoms with Crippen LogP contribution in [0.1, 0.15) is 30.9 Å². The fourth-order valence-electron chi connectivity index (χ4n) is 3.74. The zero-order valence-electron chi connectivity index (χ0n) is 13.0. The summed E-state index contributed by atoms with van der Waals surface area (Å²) in [5.41, 5.74) is 2.74. The van der Waals surface area contributed by atoms with Crippen LogP contribution < -0.4 is 5.32 Å². The average Bonchev–Trinajstić information content (AvgIpc) is 2.97.